The highest BCUT2D eigenvalue weighted by molar-refractivity contribution is 6.36. The van der Waals surface area contributed by atoms with Crippen LogP contribution in [0.2, 0.25) is 10.0 Å². The van der Waals surface area contributed by atoms with Crippen LogP contribution < -0.4 is 4.74 Å². The summed E-state index contributed by atoms with van der Waals surface area (Å²) in [4.78, 5) is 11.5. The van der Waals surface area contributed by atoms with Crippen molar-refractivity contribution in [3.63, 3.8) is 0 Å². The number of ether oxygens (including phenoxy) is 1. The van der Waals surface area contributed by atoms with Gasteiger partial charge in [0, 0.05) is 16.8 Å². The molecule has 0 radical (unpaired) electrons. The maximum absolute atomic E-state index is 13.6. The fraction of sp³-hybridized carbons (Fsp3) is 0.125. The molecule has 1 aromatic carbocycles. The summed E-state index contributed by atoms with van der Waals surface area (Å²) in [5.74, 6) is -0.256. The number of rotatable bonds is 4. The third kappa shape index (κ3) is 3.30. The van der Waals surface area contributed by atoms with Crippen molar-refractivity contribution in [1.82, 2.24) is 15.0 Å². The van der Waals surface area contributed by atoms with E-state index in [1.165, 1.54) is 18.3 Å². The molecule has 7 heteroatoms. The molecule has 3 aromatic rings. The van der Waals surface area contributed by atoms with E-state index in [4.69, 9.17) is 27.9 Å². The van der Waals surface area contributed by atoms with Gasteiger partial charge in [0.15, 0.2) is 0 Å². The van der Waals surface area contributed by atoms with Crippen molar-refractivity contribution < 1.29 is 9.13 Å². The third-order valence-corrected chi connectivity index (χ3v) is 3.98. The second kappa shape index (κ2) is 6.56. The quantitative estimate of drug-likeness (QED) is 0.668. The van der Waals surface area contributed by atoms with E-state index in [-0.39, 0.29) is 5.02 Å². The molecule has 1 atom stereocenters. The fourth-order valence-corrected chi connectivity index (χ4v) is 2.86. The van der Waals surface area contributed by atoms with E-state index in [1.807, 2.05) is 12.1 Å². The van der Waals surface area contributed by atoms with Crippen LogP contribution in [0.25, 0.3) is 11.4 Å². The largest absolute Gasteiger partial charge is 0.469 e. The van der Waals surface area contributed by atoms with Crippen molar-refractivity contribution in [2.45, 2.75) is 13.0 Å². The molecule has 1 N–H and O–H groups in total. The molecule has 0 saturated heterocycles. The van der Waals surface area contributed by atoms with Gasteiger partial charge in [-0.15, -0.1) is 0 Å². The van der Waals surface area contributed by atoms with Crippen LogP contribution >= 0.6 is 23.2 Å². The average molecular weight is 352 g/mol. The first-order chi connectivity index (χ1) is 11.1. The van der Waals surface area contributed by atoms with Crippen molar-refractivity contribution in [2.24, 2.45) is 0 Å². The Balaban J connectivity index is 1.88. The summed E-state index contributed by atoms with van der Waals surface area (Å²) in [6.07, 6.45) is 4.30. The number of nitrogens with one attached hydrogen (secondary N) is 1. The molecule has 2 heterocycles. The maximum atomic E-state index is 13.6. The first-order valence-corrected chi connectivity index (χ1v) is 7.57. The van der Waals surface area contributed by atoms with Gasteiger partial charge in [0.25, 0.3) is 0 Å². The van der Waals surface area contributed by atoms with Gasteiger partial charge in [-0.1, -0.05) is 23.2 Å². The predicted octanol–water partition coefficient (Wildman–Crippen LogP) is 5.06. The Hall–Kier alpha value is -2.11. The van der Waals surface area contributed by atoms with Crippen molar-refractivity contribution in [3.8, 4) is 17.3 Å². The Labute approximate surface area is 142 Å². The number of H-pyrrole nitrogens is 1. The molecular weight excluding hydrogens is 340 g/mol. The summed E-state index contributed by atoms with van der Waals surface area (Å²) in [6, 6.07) is 6.39. The van der Waals surface area contributed by atoms with E-state index in [9.17, 15) is 4.39 Å². The number of halogens is 3. The smallest absolute Gasteiger partial charge is 0.233 e. The van der Waals surface area contributed by atoms with Gasteiger partial charge in [-0.3, -0.25) is 4.98 Å². The van der Waals surface area contributed by atoms with Gasteiger partial charge < -0.3 is 9.72 Å². The SMILES string of the molecule is CC(Oc1cncc(-c2ccc[nH]2)n1)c1c(Cl)ccc(F)c1Cl. The molecule has 0 fully saturated rings. The monoisotopic (exact) mass is 351 g/mol. The molecule has 0 spiro atoms. The maximum Gasteiger partial charge on any atom is 0.233 e. The Morgan fingerprint density at radius 1 is 1.22 bits per heavy atom. The molecular formula is C16H12Cl2FN3O. The molecule has 1 unspecified atom stereocenters. The standard InChI is InChI=1S/C16H12Cl2FN3O/c1-9(15-10(17)4-5-11(19)16(15)18)23-14-8-20-7-13(22-14)12-3-2-6-21-12/h2-9,21H,1H3. The van der Waals surface area contributed by atoms with Crippen LogP contribution in [0.3, 0.4) is 0 Å². The minimum Gasteiger partial charge on any atom is -0.469 e. The second-order valence-corrected chi connectivity index (χ2v) is 5.63. The predicted molar refractivity (Wildman–Crippen MR) is 87.3 cm³/mol. The summed E-state index contributed by atoms with van der Waals surface area (Å²) in [5.41, 5.74) is 1.83. The first kappa shape index (κ1) is 15.8. The molecule has 0 amide bonds. The Morgan fingerprint density at radius 2 is 2.04 bits per heavy atom. The normalized spacial score (nSPS) is 12.2. The Bertz CT molecular complexity index is 824. The van der Waals surface area contributed by atoms with Gasteiger partial charge in [-0.05, 0) is 31.2 Å². The van der Waals surface area contributed by atoms with Gasteiger partial charge in [-0.2, -0.15) is 0 Å². The van der Waals surface area contributed by atoms with E-state index in [1.54, 1.807) is 19.3 Å². The summed E-state index contributed by atoms with van der Waals surface area (Å²) in [7, 11) is 0. The lowest BCUT2D eigenvalue weighted by Gasteiger charge is -2.17. The van der Waals surface area contributed by atoms with E-state index < -0.39 is 11.9 Å². The van der Waals surface area contributed by atoms with Crippen LogP contribution in [0, 0.1) is 5.82 Å². The topological polar surface area (TPSA) is 50.8 Å². The molecule has 0 aliphatic heterocycles. The first-order valence-electron chi connectivity index (χ1n) is 6.82. The Morgan fingerprint density at radius 3 is 2.78 bits per heavy atom. The van der Waals surface area contributed by atoms with Crippen LogP contribution in [0.15, 0.2) is 42.9 Å². The summed E-state index contributed by atoms with van der Waals surface area (Å²) >= 11 is 12.1. The highest BCUT2D eigenvalue weighted by Gasteiger charge is 2.19. The molecule has 0 bridgehead atoms. The van der Waals surface area contributed by atoms with Crippen molar-refractivity contribution in [3.05, 3.63) is 64.3 Å². The number of nitrogens with zero attached hydrogens (tertiary/aromatic N) is 2. The summed E-state index contributed by atoms with van der Waals surface area (Å²) in [6.45, 7) is 1.72. The lowest BCUT2D eigenvalue weighted by molar-refractivity contribution is 0.216. The summed E-state index contributed by atoms with van der Waals surface area (Å²) in [5, 5.41) is 0.274. The van der Waals surface area contributed by atoms with Crippen LogP contribution in [0.5, 0.6) is 5.88 Å². The highest BCUT2D eigenvalue weighted by Crippen LogP contribution is 2.34. The van der Waals surface area contributed by atoms with Crippen LogP contribution in [-0.2, 0) is 0 Å². The number of aromatic nitrogens is 3. The van der Waals surface area contributed by atoms with Gasteiger partial charge in [0.2, 0.25) is 5.88 Å². The lowest BCUT2D eigenvalue weighted by atomic mass is 10.1. The zero-order valence-corrected chi connectivity index (χ0v) is 13.6. The molecule has 23 heavy (non-hydrogen) atoms. The Kier molecular flexibility index (Phi) is 4.50. The van der Waals surface area contributed by atoms with Crippen molar-refractivity contribution in [2.75, 3.05) is 0 Å². The van der Waals surface area contributed by atoms with Gasteiger partial charge in [0.05, 0.1) is 23.1 Å². The molecule has 0 aliphatic rings. The van der Waals surface area contributed by atoms with E-state index in [2.05, 4.69) is 15.0 Å². The van der Waals surface area contributed by atoms with E-state index in [0.29, 0.717) is 22.2 Å². The zero-order chi connectivity index (χ0) is 16.4. The lowest BCUT2D eigenvalue weighted by Crippen LogP contribution is -2.07. The molecule has 2 aromatic heterocycles. The molecule has 0 aliphatic carbocycles. The number of hydrogen-bond acceptors (Lipinski definition) is 3. The van der Waals surface area contributed by atoms with Crippen molar-refractivity contribution in [1.29, 1.82) is 0 Å². The zero-order valence-electron chi connectivity index (χ0n) is 12.1. The van der Waals surface area contributed by atoms with E-state index in [0.717, 1.165) is 5.69 Å². The highest BCUT2D eigenvalue weighted by atomic mass is 35.5. The van der Waals surface area contributed by atoms with Crippen molar-refractivity contribution >= 4 is 23.2 Å². The number of aromatic amines is 1. The molecule has 118 valence electrons. The number of hydrogen-bond donors (Lipinski definition) is 1. The van der Waals surface area contributed by atoms with E-state index >= 15 is 0 Å². The van der Waals surface area contributed by atoms with Gasteiger partial charge in [-0.25, -0.2) is 9.37 Å². The van der Waals surface area contributed by atoms with Crippen LogP contribution in [0.1, 0.15) is 18.6 Å². The average Bonchev–Trinajstić information content (AvgIpc) is 3.06. The minimum absolute atomic E-state index is 0.0570. The molecule has 0 saturated carbocycles. The third-order valence-electron chi connectivity index (χ3n) is 3.27. The minimum atomic E-state index is -0.584. The molecule has 4 nitrogen and oxygen atoms in total. The second-order valence-electron chi connectivity index (χ2n) is 4.84. The van der Waals surface area contributed by atoms with Crippen LogP contribution in [-0.4, -0.2) is 15.0 Å². The summed E-state index contributed by atoms with van der Waals surface area (Å²) < 4.78 is 19.4. The molecule has 3 rings (SSSR count). The van der Waals surface area contributed by atoms with Crippen LogP contribution in [0.4, 0.5) is 4.39 Å². The fourth-order valence-electron chi connectivity index (χ4n) is 2.18. The van der Waals surface area contributed by atoms with Gasteiger partial charge in [0.1, 0.15) is 17.6 Å². The number of benzene rings is 1. The van der Waals surface area contributed by atoms with Gasteiger partial charge >= 0.3 is 0 Å².